The van der Waals surface area contributed by atoms with Crippen LogP contribution in [0.4, 0.5) is 11.4 Å². The molecular weight excluding hydrogens is 406 g/mol. The molecule has 0 atom stereocenters. The number of hydrogen-bond acceptors (Lipinski definition) is 5. The standard InChI is InChI=1S/C25H25N3O4/c1-17-2-10-21(11-3-17)28(25(31)19-6-12-22(29)13-7-19)14-24(30)27-20-8-4-18(5-9-20)23-15-32-16-26-23/h2-5,8-11,15-16,19H,6-7,12-14H2,1H3,(H,27,30). The Kier molecular flexibility index (Phi) is 6.44. The molecule has 2 aromatic carbocycles. The van der Waals surface area contributed by atoms with Crippen LogP contribution in [0, 0.1) is 12.8 Å². The molecule has 1 saturated carbocycles. The first-order valence-electron chi connectivity index (χ1n) is 10.7. The summed E-state index contributed by atoms with van der Waals surface area (Å²) in [6.45, 7) is 1.87. The van der Waals surface area contributed by atoms with Crippen LogP contribution in [0.5, 0.6) is 0 Å². The number of benzene rings is 2. The maximum absolute atomic E-state index is 13.3. The van der Waals surface area contributed by atoms with Crippen molar-refractivity contribution in [2.75, 3.05) is 16.8 Å². The number of nitrogens with one attached hydrogen (secondary N) is 1. The van der Waals surface area contributed by atoms with Crippen LogP contribution in [-0.4, -0.2) is 29.1 Å². The number of amides is 2. The van der Waals surface area contributed by atoms with E-state index in [1.165, 1.54) is 11.3 Å². The third kappa shape index (κ3) is 5.11. The highest BCUT2D eigenvalue weighted by Crippen LogP contribution is 2.27. The molecule has 1 aliphatic carbocycles. The van der Waals surface area contributed by atoms with Crippen molar-refractivity contribution in [3.63, 3.8) is 0 Å². The number of carbonyl (C=O) groups is 3. The number of rotatable bonds is 6. The van der Waals surface area contributed by atoms with E-state index in [1.807, 2.05) is 43.3 Å². The zero-order valence-electron chi connectivity index (χ0n) is 17.9. The SMILES string of the molecule is Cc1ccc(N(CC(=O)Nc2ccc(-c3cocn3)cc2)C(=O)C2CCC(=O)CC2)cc1. The van der Waals surface area contributed by atoms with E-state index >= 15 is 0 Å². The molecule has 2 amide bonds. The topological polar surface area (TPSA) is 92.5 Å². The molecule has 7 nitrogen and oxygen atoms in total. The number of nitrogens with zero attached hydrogens (tertiary/aromatic N) is 2. The van der Waals surface area contributed by atoms with Crippen molar-refractivity contribution in [1.29, 1.82) is 0 Å². The van der Waals surface area contributed by atoms with Crippen LogP contribution in [0.2, 0.25) is 0 Å². The smallest absolute Gasteiger partial charge is 0.244 e. The van der Waals surface area contributed by atoms with Crippen molar-refractivity contribution in [2.24, 2.45) is 5.92 Å². The second kappa shape index (κ2) is 9.60. The van der Waals surface area contributed by atoms with Crippen LogP contribution < -0.4 is 10.2 Å². The molecule has 0 spiro atoms. The van der Waals surface area contributed by atoms with Crippen molar-refractivity contribution >= 4 is 29.0 Å². The Morgan fingerprint density at radius 3 is 2.38 bits per heavy atom. The molecule has 0 saturated heterocycles. The predicted molar refractivity (Wildman–Crippen MR) is 121 cm³/mol. The lowest BCUT2D eigenvalue weighted by molar-refractivity contribution is -0.128. The minimum Gasteiger partial charge on any atom is -0.451 e. The third-order valence-electron chi connectivity index (χ3n) is 5.70. The number of anilines is 2. The van der Waals surface area contributed by atoms with Crippen LogP contribution in [0.15, 0.2) is 65.6 Å². The van der Waals surface area contributed by atoms with Crippen LogP contribution in [0.3, 0.4) is 0 Å². The van der Waals surface area contributed by atoms with E-state index in [1.54, 1.807) is 18.4 Å². The molecule has 32 heavy (non-hydrogen) atoms. The molecular formula is C25H25N3O4. The number of carbonyl (C=O) groups excluding carboxylic acids is 3. The first-order chi connectivity index (χ1) is 15.5. The number of aryl methyl sites for hydroxylation is 1. The van der Waals surface area contributed by atoms with Gasteiger partial charge in [0.05, 0.1) is 0 Å². The molecule has 1 N–H and O–H groups in total. The molecule has 1 aliphatic rings. The summed E-state index contributed by atoms with van der Waals surface area (Å²) in [4.78, 5) is 43.3. The van der Waals surface area contributed by atoms with E-state index in [2.05, 4.69) is 10.3 Å². The summed E-state index contributed by atoms with van der Waals surface area (Å²) in [5, 5.41) is 2.86. The van der Waals surface area contributed by atoms with Gasteiger partial charge in [-0.2, -0.15) is 0 Å². The minimum atomic E-state index is -0.292. The maximum Gasteiger partial charge on any atom is 0.244 e. The number of Topliss-reactive ketones (excluding diaryl/α,β-unsaturated/α-hetero) is 1. The Balaban J connectivity index is 1.47. The Bertz CT molecular complexity index is 1080. The highest BCUT2D eigenvalue weighted by molar-refractivity contribution is 6.03. The van der Waals surface area contributed by atoms with Gasteiger partial charge in [-0.3, -0.25) is 14.4 Å². The summed E-state index contributed by atoms with van der Waals surface area (Å²) >= 11 is 0. The highest BCUT2D eigenvalue weighted by Gasteiger charge is 2.30. The Hall–Kier alpha value is -3.74. The lowest BCUT2D eigenvalue weighted by Gasteiger charge is -2.29. The van der Waals surface area contributed by atoms with Crippen LogP contribution in [-0.2, 0) is 14.4 Å². The van der Waals surface area contributed by atoms with E-state index in [0.717, 1.165) is 11.1 Å². The number of oxazole rings is 1. The molecule has 7 heteroatoms. The van der Waals surface area contributed by atoms with Gasteiger partial charge >= 0.3 is 0 Å². The van der Waals surface area contributed by atoms with Crippen LogP contribution in [0.1, 0.15) is 31.2 Å². The lowest BCUT2D eigenvalue weighted by atomic mass is 9.87. The van der Waals surface area contributed by atoms with Crippen molar-refractivity contribution in [3.8, 4) is 11.3 Å². The lowest BCUT2D eigenvalue weighted by Crippen LogP contribution is -2.42. The normalized spacial score (nSPS) is 14.2. The van der Waals surface area contributed by atoms with Gasteiger partial charge in [0.25, 0.3) is 0 Å². The molecule has 3 aromatic rings. The monoisotopic (exact) mass is 431 g/mol. The molecule has 0 aliphatic heterocycles. The van der Waals surface area contributed by atoms with Gasteiger partial charge < -0.3 is 14.6 Å². The van der Waals surface area contributed by atoms with Gasteiger partial charge in [-0.15, -0.1) is 0 Å². The zero-order valence-corrected chi connectivity index (χ0v) is 17.9. The summed E-state index contributed by atoms with van der Waals surface area (Å²) in [5.41, 5.74) is 3.96. The van der Waals surface area contributed by atoms with Crippen molar-refractivity contribution in [1.82, 2.24) is 4.98 Å². The molecule has 4 rings (SSSR count). The van der Waals surface area contributed by atoms with Crippen molar-refractivity contribution in [3.05, 3.63) is 66.8 Å². The third-order valence-corrected chi connectivity index (χ3v) is 5.70. The molecule has 0 unspecified atom stereocenters. The van der Waals surface area contributed by atoms with E-state index in [9.17, 15) is 14.4 Å². The number of ketones is 1. The fourth-order valence-electron chi connectivity index (χ4n) is 3.85. The zero-order chi connectivity index (χ0) is 22.5. The summed E-state index contributed by atoms with van der Waals surface area (Å²) in [6.07, 6.45) is 4.82. The van der Waals surface area contributed by atoms with Crippen LogP contribution in [0.25, 0.3) is 11.3 Å². The molecule has 0 bridgehead atoms. The van der Waals surface area contributed by atoms with E-state index < -0.39 is 0 Å². The predicted octanol–water partition coefficient (Wildman–Crippen LogP) is 4.38. The Morgan fingerprint density at radius 1 is 1.06 bits per heavy atom. The van der Waals surface area contributed by atoms with E-state index in [4.69, 9.17) is 4.42 Å². The maximum atomic E-state index is 13.3. The summed E-state index contributed by atoms with van der Waals surface area (Å²) < 4.78 is 5.00. The second-order valence-electron chi connectivity index (χ2n) is 8.07. The average molecular weight is 431 g/mol. The first-order valence-corrected chi connectivity index (χ1v) is 10.7. The summed E-state index contributed by atoms with van der Waals surface area (Å²) in [6, 6.07) is 14.8. The van der Waals surface area contributed by atoms with E-state index in [-0.39, 0.29) is 30.1 Å². The van der Waals surface area contributed by atoms with Crippen molar-refractivity contribution in [2.45, 2.75) is 32.6 Å². The summed E-state index contributed by atoms with van der Waals surface area (Å²) in [7, 11) is 0. The average Bonchev–Trinajstić information content (AvgIpc) is 3.34. The molecule has 1 heterocycles. The number of hydrogen-bond donors (Lipinski definition) is 1. The van der Waals surface area contributed by atoms with Gasteiger partial charge in [0.1, 0.15) is 24.3 Å². The molecule has 0 radical (unpaired) electrons. The minimum absolute atomic E-state index is 0.0998. The van der Waals surface area contributed by atoms with Gasteiger partial charge in [0.2, 0.25) is 11.8 Å². The number of aromatic nitrogens is 1. The Labute approximate surface area is 186 Å². The first kappa shape index (κ1) is 21.5. The van der Waals surface area contributed by atoms with Gasteiger partial charge in [-0.25, -0.2) is 4.98 Å². The highest BCUT2D eigenvalue weighted by atomic mass is 16.3. The van der Waals surface area contributed by atoms with Crippen molar-refractivity contribution < 1.29 is 18.8 Å². The van der Waals surface area contributed by atoms with Gasteiger partial charge in [-0.05, 0) is 44.0 Å². The second-order valence-corrected chi connectivity index (χ2v) is 8.07. The fraction of sp³-hybridized carbons (Fsp3) is 0.280. The van der Waals surface area contributed by atoms with Gasteiger partial charge in [0.15, 0.2) is 6.39 Å². The largest absolute Gasteiger partial charge is 0.451 e. The van der Waals surface area contributed by atoms with Gasteiger partial charge in [-0.1, -0.05) is 29.8 Å². The fourth-order valence-corrected chi connectivity index (χ4v) is 3.85. The molecule has 1 fully saturated rings. The van der Waals surface area contributed by atoms with Crippen LogP contribution >= 0.6 is 0 Å². The van der Waals surface area contributed by atoms with E-state index in [0.29, 0.717) is 42.8 Å². The van der Waals surface area contributed by atoms with Gasteiger partial charge in [0, 0.05) is 35.7 Å². The summed E-state index contributed by atoms with van der Waals surface area (Å²) in [5.74, 6) is -0.454. The quantitative estimate of drug-likeness (QED) is 0.625. The molecule has 1 aromatic heterocycles. The Morgan fingerprint density at radius 2 is 1.75 bits per heavy atom. The molecule has 164 valence electrons.